The van der Waals surface area contributed by atoms with Gasteiger partial charge in [0.2, 0.25) is 0 Å². The minimum Gasteiger partial charge on any atom is -0.496 e. The molecule has 0 saturated carbocycles. The number of amides is 1. The maximum Gasteiger partial charge on any atom is 0.250 e. The number of thioether (sulfide) groups is 1. The maximum atomic E-state index is 12.6. The van der Waals surface area contributed by atoms with Crippen LogP contribution < -0.4 is 19.6 Å². The van der Waals surface area contributed by atoms with Gasteiger partial charge in [0.1, 0.15) is 17.2 Å². The Labute approximate surface area is 223 Å². The monoisotopic (exact) mass is 537 g/mol. The SMILES string of the molecule is COc1cc(OC)c(/C=N\NC(=O)CSc2nnc(-c3ccc(Cl)cc3)n2-c2ccccc2)c(OC)c1. The Morgan fingerprint density at radius 1 is 1.00 bits per heavy atom. The molecule has 0 atom stereocenters. The summed E-state index contributed by atoms with van der Waals surface area (Å²) in [6, 6.07) is 20.5. The van der Waals surface area contributed by atoms with Crippen molar-refractivity contribution in [3.8, 4) is 34.3 Å². The van der Waals surface area contributed by atoms with E-state index < -0.39 is 0 Å². The van der Waals surface area contributed by atoms with Crippen molar-refractivity contribution in [1.29, 1.82) is 0 Å². The van der Waals surface area contributed by atoms with Gasteiger partial charge in [-0.3, -0.25) is 9.36 Å². The van der Waals surface area contributed by atoms with E-state index in [2.05, 4.69) is 20.7 Å². The van der Waals surface area contributed by atoms with Gasteiger partial charge in [0.25, 0.3) is 5.91 Å². The molecule has 1 amide bonds. The maximum absolute atomic E-state index is 12.6. The largest absolute Gasteiger partial charge is 0.496 e. The zero-order valence-corrected chi connectivity index (χ0v) is 21.9. The Bertz CT molecular complexity index is 1370. The van der Waals surface area contributed by atoms with Crippen LogP contribution in [0.25, 0.3) is 17.1 Å². The van der Waals surface area contributed by atoms with Crippen LogP contribution in [0.2, 0.25) is 5.02 Å². The van der Waals surface area contributed by atoms with Crippen LogP contribution in [-0.2, 0) is 4.79 Å². The summed E-state index contributed by atoms with van der Waals surface area (Å²) < 4.78 is 18.0. The summed E-state index contributed by atoms with van der Waals surface area (Å²) >= 11 is 7.30. The van der Waals surface area contributed by atoms with Crippen LogP contribution in [0.1, 0.15) is 5.56 Å². The highest BCUT2D eigenvalue weighted by Gasteiger charge is 2.17. The summed E-state index contributed by atoms with van der Waals surface area (Å²) in [6.07, 6.45) is 1.46. The quantitative estimate of drug-likeness (QED) is 0.175. The number of hydrogen-bond acceptors (Lipinski definition) is 8. The van der Waals surface area contributed by atoms with Crippen LogP contribution in [0.4, 0.5) is 0 Å². The lowest BCUT2D eigenvalue weighted by atomic mass is 10.2. The Balaban J connectivity index is 1.50. The average molecular weight is 538 g/mol. The summed E-state index contributed by atoms with van der Waals surface area (Å²) in [7, 11) is 4.61. The Morgan fingerprint density at radius 3 is 2.30 bits per heavy atom. The standard InChI is InChI=1S/C26H24ClN5O4S/c1-34-20-13-22(35-2)21(23(14-20)36-3)15-28-29-24(33)16-37-26-31-30-25(17-9-11-18(27)12-10-17)32(26)19-7-5-4-6-8-19/h4-15H,16H2,1-3H3,(H,29,33)/b28-15-. The smallest absolute Gasteiger partial charge is 0.250 e. The Kier molecular flexibility index (Phi) is 8.65. The van der Waals surface area contributed by atoms with E-state index in [-0.39, 0.29) is 11.7 Å². The zero-order chi connectivity index (χ0) is 26.2. The summed E-state index contributed by atoms with van der Waals surface area (Å²) in [5, 5.41) is 14.0. The fourth-order valence-electron chi connectivity index (χ4n) is 3.45. The van der Waals surface area contributed by atoms with Crippen LogP contribution in [0, 0.1) is 0 Å². The predicted octanol–water partition coefficient (Wildman–Crippen LogP) is 4.86. The number of ether oxygens (including phenoxy) is 3. The number of benzene rings is 3. The summed E-state index contributed by atoms with van der Waals surface area (Å²) in [4.78, 5) is 12.6. The van der Waals surface area contributed by atoms with Crippen LogP contribution in [0.15, 0.2) is 77.0 Å². The number of rotatable bonds is 10. The molecule has 0 aliphatic carbocycles. The normalized spacial score (nSPS) is 10.9. The molecule has 1 heterocycles. The Morgan fingerprint density at radius 2 is 1.68 bits per heavy atom. The van der Waals surface area contributed by atoms with Gasteiger partial charge in [0, 0.05) is 28.4 Å². The van der Waals surface area contributed by atoms with Crippen LogP contribution in [0.3, 0.4) is 0 Å². The van der Waals surface area contributed by atoms with E-state index in [1.165, 1.54) is 32.2 Å². The molecular weight excluding hydrogens is 514 g/mol. The van der Waals surface area contributed by atoms with Crippen LogP contribution in [0.5, 0.6) is 17.2 Å². The molecule has 1 aromatic heterocycles. The van der Waals surface area contributed by atoms with E-state index >= 15 is 0 Å². The van der Waals surface area contributed by atoms with E-state index in [0.29, 0.717) is 38.8 Å². The van der Waals surface area contributed by atoms with Gasteiger partial charge in [-0.25, -0.2) is 5.43 Å². The first kappa shape index (κ1) is 26.1. The van der Waals surface area contributed by atoms with Crippen molar-refractivity contribution >= 4 is 35.5 Å². The molecule has 190 valence electrons. The molecule has 0 radical (unpaired) electrons. The lowest BCUT2D eigenvalue weighted by Gasteiger charge is -2.12. The number of nitrogens with one attached hydrogen (secondary N) is 1. The number of carbonyl (C=O) groups is 1. The van der Waals surface area contributed by atoms with Crippen LogP contribution in [-0.4, -0.2) is 54.0 Å². The second-order valence-corrected chi connectivity index (χ2v) is 8.89. The number of nitrogens with zero attached hydrogens (tertiary/aromatic N) is 4. The highest BCUT2D eigenvalue weighted by Crippen LogP contribution is 2.33. The minimum atomic E-state index is -0.316. The molecule has 9 nitrogen and oxygen atoms in total. The number of halogens is 1. The molecule has 1 N–H and O–H groups in total. The lowest BCUT2D eigenvalue weighted by Crippen LogP contribution is -2.20. The second-order valence-electron chi connectivity index (χ2n) is 7.51. The first-order valence-corrected chi connectivity index (χ1v) is 12.4. The predicted molar refractivity (Wildman–Crippen MR) is 144 cm³/mol. The third-order valence-corrected chi connectivity index (χ3v) is 6.40. The summed E-state index contributed by atoms with van der Waals surface area (Å²) in [5.41, 5.74) is 4.82. The van der Waals surface area contributed by atoms with Gasteiger partial charge in [-0.1, -0.05) is 41.6 Å². The summed E-state index contributed by atoms with van der Waals surface area (Å²) in [5.74, 6) is 1.96. The first-order valence-electron chi connectivity index (χ1n) is 11.1. The lowest BCUT2D eigenvalue weighted by molar-refractivity contribution is -0.118. The van der Waals surface area contributed by atoms with E-state index in [4.69, 9.17) is 25.8 Å². The third-order valence-electron chi connectivity index (χ3n) is 5.22. The molecule has 4 aromatic rings. The molecule has 0 fully saturated rings. The molecule has 0 aliphatic rings. The van der Waals surface area contributed by atoms with E-state index in [1.54, 1.807) is 31.4 Å². The van der Waals surface area contributed by atoms with Gasteiger partial charge in [-0.05, 0) is 36.4 Å². The topological polar surface area (TPSA) is 99.9 Å². The number of hydrogen-bond donors (Lipinski definition) is 1. The van der Waals surface area contributed by atoms with Gasteiger partial charge < -0.3 is 14.2 Å². The van der Waals surface area contributed by atoms with Gasteiger partial charge in [0.15, 0.2) is 11.0 Å². The zero-order valence-electron chi connectivity index (χ0n) is 20.3. The highest BCUT2D eigenvalue weighted by atomic mass is 35.5. The minimum absolute atomic E-state index is 0.0693. The first-order chi connectivity index (χ1) is 18.0. The van der Waals surface area contributed by atoms with Crippen molar-refractivity contribution in [2.24, 2.45) is 5.10 Å². The van der Waals surface area contributed by atoms with E-state index in [9.17, 15) is 4.79 Å². The number of hydrazone groups is 1. The van der Waals surface area contributed by atoms with Crippen molar-refractivity contribution in [2.45, 2.75) is 5.16 Å². The van der Waals surface area contributed by atoms with Gasteiger partial charge in [-0.15, -0.1) is 10.2 Å². The van der Waals surface area contributed by atoms with Crippen molar-refractivity contribution in [2.75, 3.05) is 27.1 Å². The molecule has 37 heavy (non-hydrogen) atoms. The van der Waals surface area contributed by atoms with E-state index in [0.717, 1.165) is 11.3 Å². The number of carbonyl (C=O) groups excluding carboxylic acids is 1. The molecule has 3 aromatic carbocycles. The van der Waals surface area contributed by atoms with Crippen LogP contribution >= 0.6 is 23.4 Å². The molecule has 0 saturated heterocycles. The van der Waals surface area contributed by atoms with Crippen molar-refractivity contribution < 1.29 is 19.0 Å². The molecule has 0 unspecified atom stereocenters. The second kappa shape index (κ2) is 12.3. The van der Waals surface area contributed by atoms with Gasteiger partial charge in [0.05, 0.1) is 38.9 Å². The average Bonchev–Trinajstić information content (AvgIpc) is 3.36. The van der Waals surface area contributed by atoms with Crippen molar-refractivity contribution in [1.82, 2.24) is 20.2 Å². The molecule has 0 spiro atoms. The van der Waals surface area contributed by atoms with Crippen molar-refractivity contribution in [3.63, 3.8) is 0 Å². The molecule has 0 bridgehead atoms. The van der Waals surface area contributed by atoms with E-state index in [1.807, 2.05) is 47.0 Å². The fourth-order valence-corrected chi connectivity index (χ4v) is 4.32. The van der Waals surface area contributed by atoms with Gasteiger partial charge in [-0.2, -0.15) is 5.10 Å². The molecule has 0 aliphatic heterocycles. The molecular formula is C26H24ClN5O4S. The Hall–Kier alpha value is -4.02. The summed E-state index contributed by atoms with van der Waals surface area (Å²) in [6.45, 7) is 0. The van der Waals surface area contributed by atoms with Gasteiger partial charge >= 0.3 is 0 Å². The fraction of sp³-hybridized carbons (Fsp3) is 0.154. The molecule has 11 heteroatoms. The number of para-hydroxylation sites is 1. The molecule has 4 rings (SSSR count). The van der Waals surface area contributed by atoms with Crippen molar-refractivity contribution in [3.05, 3.63) is 77.3 Å². The number of aromatic nitrogens is 3. The number of methoxy groups -OCH3 is 3. The highest BCUT2D eigenvalue weighted by molar-refractivity contribution is 7.99. The third kappa shape index (κ3) is 6.22.